The van der Waals surface area contributed by atoms with E-state index in [1.165, 1.54) is 40.4 Å². The third-order valence-corrected chi connectivity index (χ3v) is 6.19. The summed E-state index contributed by atoms with van der Waals surface area (Å²) in [6, 6.07) is 10.5. The van der Waals surface area contributed by atoms with Gasteiger partial charge in [-0.2, -0.15) is 0 Å². The largest absolute Gasteiger partial charge is 0.494 e. The van der Waals surface area contributed by atoms with Crippen LogP contribution in [0.15, 0.2) is 41.3 Å². The molecular formula is C29H36FNO7S. The third-order valence-electron chi connectivity index (χ3n) is 5.41. The number of nitrogens with one attached hydrogen (secondary N) is 1. The first-order valence-corrected chi connectivity index (χ1v) is 12.8. The molecule has 212 valence electrons. The highest BCUT2D eigenvalue weighted by atomic mass is 32.2. The van der Waals surface area contributed by atoms with Crippen molar-refractivity contribution in [2.24, 2.45) is 0 Å². The van der Waals surface area contributed by atoms with Crippen LogP contribution in [-0.2, 0) is 0 Å². The highest BCUT2D eigenvalue weighted by Crippen LogP contribution is 2.42. The zero-order valence-electron chi connectivity index (χ0n) is 23.8. The van der Waals surface area contributed by atoms with E-state index in [0.717, 1.165) is 10.5 Å². The van der Waals surface area contributed by atoms with Crippen LogP contribution in [0.3, 0.4) is 0 Å². The molecule has 10 heteroatoms. The van der Waals surface area contributed by atoms with E-state index in [1.807, 2.05) is 19.9 Å². The maximum absolute atomic E-state index is 15.3. The van der Waals surface area contributed by atoms with E-state index < -0.39 is 5.82 Å². The van der Waals surface area contributed by atoms with Crippen molar-refractivity contribution in [3.05, 3.63) is 53.3 Å². The summed E-state index contributed by atoms with van der Waals surface area (Å²) in [6.07, 6.45) is 3.60. The molecule has 0 bridgehead atoms. The van der Waals surface area contributed by atoms with Crippen LogP contribution < -0.4 is 37.9 Å². The molecule has 0 aliphatic carbocycles. The number of rotatable bonds is 12. The summed E-state index contributed by atoms with van der Waals surface area (Å²) in [5, 5.41) is 0. The summed E-state index contributed by atoms with van der Waals surface area (Å²) in [4.78, 5) is 0.719. The summed E-state index contributed by atoms with van der Waals surface area (Å²) in [5.74, 6) is 2.53. The molecule has 0 aromatic heterocycles. The van der Waals surface area contributed by atoms with E-state index in [9.17, 15) is 0 Å². The molecule has 0 atom stereocenters. The molecule has 0 heterocycles. The van der Waals surface area contributed by atoms with E-state index in [0.29, 0.717) is 40.1 Å². The first kappa shape index (κ1) is 31.3. The van der Waals surface area contributed by atoms with Gasteiger partial charge in [-0.15, -0.1) is 0 Å². The Hall–Kier alpha value is -3.92. The van der Waals surface area contributed by atoms with E-state index in [-0.39, 0.29) is 11.4 Å². The third kappa shape index (κ3) is 7.35. The van der Waals surface area contributed by atoms with Crippen LogP contribution in [0.1, 0.15) is 25.0 Å². The molecule has 0 radical (unpaired) electrons. The molecular weight excluding hydrogens is 525 g/mol. The minimum Gasteiger partial charge on any atom is -0.494 e. The predicted molar refractivity (Wildman–Crippen MR) is 155 cm³/mol. The molecule has 0 saturated heterocycles. The summed E-state index contributed by atoms with van der Waals surface area (Å²) in [7, 11) is 10.7. The standard InChI is InChI=1S/C27H30FNO7S.C2H6/c1-30-19-11-10-17(9-8-16-12-20(31-2)26(35-6)21(13-16)32-3)25(24(19)28)29-37-18-14-22(33-4)27(36-7)23(15-18)34-5;1-2/h8-15,29H,1-7H3;1-2H3/b9-8-;. The lowest BCUT2D eigenvalue weighted by Crippen LogP contribution is -1.99. The summed E-state index contributed by atoms with van der Waals surface area (Å²) in [5.41, 5.74) is 1.60. The van der Waals surface area contributed by atoms with Crippen molar-refractivity contribution in [2.45, 2.75) is 18.7 Å². The summed E-state index contributed by atoms with van der Waals surface area (Å²) in [6.45, 7) is 4.00. The highest BCUT2D eigenvalue weighted by Gasteiger charge is 2.17. The summed E-state index contributed by atoms with van der Waals surface area (Å²) >= 11 is 1.19. The van der Waals surface area contributed by atoms with Gasteiger partial charge in [-0.25, -0.2) is 4.39 Å². The molecule has 3 aromatic carbocycles. The van der Waals surface area contributed by atoms with Crippen molar-refractivity contribution in [3.63, 3.8) is 0 Å². The molecule has 8 nitrogen and oxygen atoms in total. The molecule has 0 amide bonds. The maximum atomic E-state index is 15.3. The molecule has 39 heavy (non-hydrogen) atoms. The first-order valence-electron chi connectivity index (χ1n) is 12.0. The van der Waals surface area contributed by atoms with Crippen LogP contribution >= 0.6 is 11.9 Å². The van der Waals surface area contributed by atoms with Gasteiger partial charge in [0.25, 0.3) is 0 Å². The monoisotopic (exact) mass is 561 g/mol. The lowest BCUT2D eigenvalue weighted by atomic mass is 10.1. The van der Waals surface area contributed by atoms with Crippen LogP contribution in [0.5, 0.6) is 40.2 Å². The molecule has 0 aliphatic rings. The number of anilines is 1. The molecule has 3 rings (SSSR count). The Morgan fingerprint density at radius 2 is 1.08 bits per heavy atom. The second kappa shape index (κ2) is 15.5. The number of hydrogen-bond donors (Lipinski definition) is 1. The van der Waals surface area contributed by atoms with Crippen molar-refractivity contribution in [2.75, 3.05) is 54.5 Å². The van der Waals surface area contributed by atoms with Crippen molar-refractivity contribution in [1.29, 1.82) is 0 Å². The Balaban J connectivity index is 0.00000260. The first-order chi connectivity index (χ1) is 18.9. The molecule has 3 aromatic rings. The van der Waals surface area contributed by atoms with Crippen molar-refractivity contribution >= 4 is 29.8 Å². The highest BCUT2D eigenvalue weighted by molar-refractivity contribution is 8.00. The van der Waals surface area contributed by atoms with E-state index in [4.69, 9.17) is 33.2 Å². The van der Waals surface area contributed by atoms with Gasteiger partial charge in [-0.05, 0) is 53.9 Å². The Morgan fingerprint density at radius 3 is 1.51 bits per heavy atom. The van der Waals surface area contributed by atoms with Crippen molar-refractivity contribution in [3.8, 4) is 40.2 Å². The van der Waals surface area contributed by atoms with Crippen LogP contribution in [0.2, 0.25) is 0 Å². The van der Waals surface area contributed by atoms with Crippen molar-refractivity contribution in [1.82, 2.24) is 0 Å². The van der Waals surface area contributed by atoms with Crippen LogP contribution in [-0.4, -0.2) is 49.8 Å². The Bertz CT molecular complexity index is 1220. The maximum Gasteiger partial charge on any atom is 0.203 e. The number of hydrogen-bond acceptors (Lipinski definition) is 9. The van der Waals surface area contributed by atoms with E-state index in [2.05, 4.69) is 4.72 Å². The fourth-order valence-electron chi connectivity index (χ4n) is 3.58. The van der Waals surface area contributed by atoms with Crippen LogP contribution in [0.4, 0.5) is 10.1 Å². The Morgan fingerprint density at radius 1 is 0.615 bits per heavy atom. The number of methoxy groups -OCH3 is 7. The van der Waals surface area contributed by atoms with Gasteiger partial charge in [0.15, 0.2) is 34.6 Å². The molecule has 0 unspecified atom stereocenters. The second-order valence-electron chi connectivity index (χ2n) is 7.40. The SMILES string of the molecule is CC.COc1ccc(/C=C\c2cc(OC)c(OC)c(OC)c2)c(NSc2cc(OC)c(OC)c(OC)c2)c1F. The van der Waals surface area contributed by atoms with Crippen LogP contribution in [0.25, 0.3) is 12.2 Å². The molecule has 0 aliphatic heterocycles. The topological polar surface area (TPSA) is 76.6 Å². The fourth-order valence-corrected chi connectivity index (χ4v) is 4.34. The lowest BCUT2D eigenvalue weighted by Gasteiger charge is -2.16. The zero-order chi connectivity index (χ0) is 28.9. The second-order valence-corrected chi connectivity index (χ2v) is 8.28. The van der Waals surface area contributed by atoms with E-state index >= 15 is 4.39 Å². The van der Waals surface area contributed by atoms with Gasteiger partial charge in [-0.3, -0.25) is 0 Å². The predicted octanol–water partition coefficient (Wildman–Crippen LogP) is 7.20. The number of benzene rings is 3. The quantitative estimate of drug-likeness (QED) is 0.182. The minimum atomic E-state index is -0.533. The van der Waals surface area contributed by atoms with Gasteiger partial charge in [0.1, 0.15) is 0 Å². The van der Waals surface area contributed by atoms with Gasteiger partial charge >= 0.3 is 0 Å². The van der Waals surface area contributed by atoms with Gasteiger partial charge in [0.05, 0.1) is 55.5 Å². The fraction of sp³-hybridized carbons (Fsp3) is 0.310. The molecule has 1 N–H and O–H groups in total. The number of halogens is 1. The number of ether oxygens (including phenoxy) is 7. The van der Waals surface area contributed by atoms with Crippen molar-refractivity contribution < 1.29 is 37.5 Å². The average molecular weight is 562 g/mol. The van der Waals surface area contributed by atoms with Gasteiger partial charge in [-0.1, -0.05) is 26.0 Å². The lowest BCUT2D eigenvalue weighted by molar-refractivity contribution is 0.323. The zero-order valence-corrected chi connectivity index (χ0v) is 24.6. The normalized spacial score (nSPS) is 10.3. The smallest absolute Gasteiger partial charge is 0.203 e. The molecule has 0 saturated carbocycles. The average Bonchev–Trinajstić information content (AvgIpc) is 2.99. The molecule has 0 spiro atoms. The van der Waals surface area contributed by atoms with Gasteiger partial charge in [0.2, 0.25) is 11.5 Å². The van der Waals surface area contributed by atoms with Gasteiger partial charge in [0, 0.05) is 10.5 Å². The van der Waals surface area contributed by atoms with Crippen LogP contribution in [0, 0.1) is 5.82 Å². The summed E-state index contributed by atoms with van der Waals surface area (Å²) < 4.78 is 56.1. The molecule has 0 fully saturated rings. The Labute approximate surface area is 234 Å². The Kier molecular flexibility index (Phi) is 12.4. The van der Waals surface area contributed by atoms with E-state index in [1.54, 1.807) is 63.8 Å². The van der Waals surface area contributed by atoms with Gasteiger partial charge < -0.3 is 37.9 Å². The minimum absolute atomic E-state index is 0.109.